The van der Waals surface area contributed by atoms with Crippen LogP contribution in [0.1, 0.15) is 0 Å². The normalized spacial score (nSPS) is 11.9. The molecule has 266 valence electrons. The fraction of sp³-hybridized carbons (Fsp3) is 0. The number of nitrogens with zero attached hydrogens (tertiary/aromatic N) is 4. The van der Waals surface area contributed by atoms with Crippen LogP contribution >= 0.6 is 0 Å². The molecule has 0 saturated carbocycles. The van der Waals surface area contributed by atoms with Crippen molar-refractivity contribution < 1.29 is 8.83 Å². The summed E-state index contributed by atoms with van der Waals surface area (Å²) < 4.78 is 15.1. The van der Waals surface area contributed by atoms with E-state index in [0.29, 0.717) is 17.5 Å². The van der Waals surface area contributed by atoms with Gasteiger partial charge in [-0.2, -0.15) is 0 Å². The standard InChI is InChI=1S/C51H30N4O2/c1-3-13-31(14-4-1)34-27-35(29-36(28-34)55-42-20-10-7-17-37(42)40-25-26-45-47(48(40)55)41-19-9-12-22-44(41)56-45)51-53-49(32-15-5-2-6-16-32)52-50(54-51)33-23-24-39-38-18-8-11-21-43(38)57-46(39)30-33/h1-30H. The third-order valence-electron chi connectivity index (χ3n) is 11.0. The second-order valence-corrected chi connectivity index (χ2v) is 14.4. The fourth-order valence-electron chi connectivity index (χ4n) is 8.42. The van der Waals surface area contributed by atoms with Crippen LogP contribution in [-0.2, 0) is 0 Å². The molecule has 0 spiro atoms. The zero-order valence-electron chi connectivity index (χ0n) is 30.4. The van der Waals surface area contributed by atoms with Gasteiger partial charge in [0.05, 0.1) is 16.4 Å². The highest BCUT2D eigenvalue weighted by Crippen LogP contribution is 2.42. The summed E-state index contributed by atoms with van der Waals surface area (Å²) in [6, 6.07) is 62.7. The number of hydrogen-bond acceptors (Lipinski definition) is 5. The Morgan fingerprint density at radius 1 is 0.333 bits per heavy atom. The molecular formula is C51H30N4O2. The van der Waals surface area contributed by atoms with Gasteiger partial charge in [0.15, 0.2) is 17.5 Å². The third kappa shape index (κ3) is 5.01. The lowest BCUT2D eigenvalue weighted by Crippen LogP contribution is -2.02. The molecule has 57 heavy (non-hydrogen) atoms. The molecule has 0 bridgehead atoms. The number of hydrogen-bond donors (Lipinski definition) is 0. The monoisotopic (exact) mass is 730 g/mol. The van der Waals surface area contributed by atoms with Crippen LogP contribution in [0.4, 0.5) is 0 Å². The molecule has 0 aliphatic heterocycles. The maximum Gasteiger partial charge on any atom is 0.164 e. The van der Waals surface area contributed by atoms with Gasteiger partial charge in [-0.05, 0) is 71.8 Å². The van der Waals surface area contributed by atoms with Gasteiger partial charge in [-0.1, -0.05) is 121 Å². The zero-order chi connectivity index (χ0) is 37.5. The summed E-state index contributed by atoms with van der Waals surface area (Å²) in [6.07, 6.45) is 0. The lowest BCUT2D eigenvalue weighted by atomic mass is 10.0. The quantitative estimate of drug-likeness (QED) is 0.176. The minimum absolute atomic E-state index is 0.566. The second kappa shape index (κ2) is 12.3. The highest BCUT2D eigenvalue weighted by Gasteiger charge is 2.21. The maximum absolute atomic E-state index is 6.44. The molecule has 6 nitrogen and oxygen atoms in total. The van der Waals surface area contributed by atoms with E-state index in [0.717, 1.165) is 93.8 Å². The van der Waals surface area contributed by atoms with Gasteiger partial charge in [0.25, 0.3) is 0 Å². The largest absolute Gasteiger partial charge is 0.456 e. The number of rotatable bonds is 5. The lowest BCUT2D eigenvalue weighted by molar-refractivity contribution is 0.668. The predicted octanol–water partition coefficient (Wildman–Crippen LogP) is 13.4. The molecule has 12 aromatic rings. The molecule has 0 aliphatic carbocycles. The Morgan fingerprint density at radius 3 is 1.68 bits per heavy atom. The predicted molar refractivity (Wildman–Crippen MR) is 230 cm³/mol. The average Bonchev–Trinajstić information content (AvgIpc) is 3.96. The summed E-state index contributed by atoms with van der Waals surface area (Å²) in [4.78, 5) is 15.5. The van der Waals surface area contributed by atoms with Crippen molar-refractivity contribution in [1.82, 2.24) is 19.5 Å². The minimum Gasteiger partial charge on any atom is -0.456 e. The van der Waals surface area contributed by atoms with Crippen molar-refractivity contribution in [2.75, 3.05) is 0 Å². The third-order valence-corrected chi connectivity index (χ3v) is 11.0. The van der Waals surface area contributed by atoms with E-state index in [-0.39, 0.29) is 0 Å². The van der Waals surface area contributed by atoms with Gasteiger partial charge in [0.1, 0.15) is 22.3 Å². The second-order valence-electron chi connectivity index (χ2n) is 14.4. The van der Waals surface area contributed by atoms with E-state index in [1.54, 1.807) is 0 Å². The van der Waals surface area contributed by atoms with Crippen LogP contribution in [0.3, 0.4) is 0 Å². The van der Waals surface area contributed by atoms with Crippen molar-refractivity contribution in [3.63, 3.8) is 0 Å². The van der Waals surface area contributed by atoms with Crippen LogP contribution in [0.25, 0.3) is 117 Å². The lowest BCUT2D eigenvalue weighted by Gasteiger charge is -2.15. The van der Waals surface area contributed by atoms with Crippen LogP contribution < -0.4 is 0 Å². The highest BCUT2D eigenvalue weighted by atomic mass is 16.3. The van der Waals surface area contributed by atoms with Crippen molar-refractivity contribution in [2.45, 2.75) is 0 Å². The molecule has 4 heterocycles. The first kappa shape index (κ1) is 31.5. The van der Waals surface area contributed by atoms with E-state index in [1.807, 2.05) is 72.8 Å². The smallest absolute Gasteiger partial charge is 0.164 e. The number of benzene rings is 8. The number of para-hydroxylation sites is 3. The molecule has 0 saturated heterocycles. The van der Waals surface area contributed by atoms with E-state index < -0.39 is 0 Å². The summed E-state index contributed by atoms with van der Waals surface area (Å²) in [5.74, 6) is 1.73. The summed E-state index contributed by atoms with van der Waals surface area (Å²) in [6.45, 7) is 0. The summed E-state index contributed by atoms with van der Waals surface area (Å²) in [5.41, 5.74) is 11.3. The highest BCUT2D eigenvalue weighted by molar-refractivity contribution is 6.24. The van der Waals surface area contributed by atoms with Crippen molar-refractivity contribution in [3.05, 3.63) is 182 Å². The first-order valence-electron chi connectivity index (χ1n) is 19.0. The zero-order valence-corrected chi connectivity index (χ0v) is 30.4. The van der Waals surface area contributed by atoms with Crippen LogP contribution in [0, 0.1) is 0 Å². The first-order chi connectivity index (χ1) is 28.2. The SMILES string of the molecule is c1ccc(-c2cc(-c3nc(-c4ccccc4)nc(-c4ccc5c(c4)oc4ccccc45)n3)cc(-n3c4ccccc4c4ccc5oc6ccccc6c5c43)c2)cc1. The van der Waals surface area contributed by atoms with Crippen molar-refractivity contribution >= 4 is 65.7 Å². The number of fused-ring (bicyclic) bond motifs is 10. The Morgan fingerprint density at radius 2 is 0.895 bits per heavy atom. The molecule has 0 amide bonds. The minimum atomic E-state index is 0.566. The molecule has 12 rings (SSSR count). The molecule has 0 unspecified atom stereocenters. The molecule has 8 aromatic carbocycles. The fourth-order valence-corrected chi connectivity index (χ4v) is 8.42. The van der Waals surface area contributed by atoms with Crippen LogP contribution in [0.2, 0.25) is 0 Å². The molecule has 0 atom stereocenters. The molecule has 0 aliphatic rings. The van der Waals surface area contributed by atoms with Crippen molar-refractivity contribution in [3.8, 4) is 51.0 Å². The summed E-state index contributed by atoms with van der Waals surface area (Å²) in [7, 11) is 0. The van der Waals surface area contributed by atoms with Gasteiger partial charge in [-0.3, -0.25) is 0 Å². The van der Waals surface area contributed by atoms with Crippen molar-refractivity contribution in [2.24, 2.45) is 0 Å². The van der Waals surface area contributed by atoms with E-state index in [1.165, 1.54) is 5.39 Å². The Bertz CT molecular complexity index is 3530. The van der Waals surface area contributed by atoms with E-state index in [4.69, 9.17) is 23.8 Å². The van der Waals surface area contributed by atoms with Gasteiger partial charge < -0.3 is 13.4 Å². The Hall–Kier alpha value is -7.83. The van der Waals surface area contributed by atoms with Gasteiger partial charge >= 0.3 is 0 Å². The molecule has 0 fully saturated rings. The first-order valence-corrected chi connectivity index (χ1v) is 19.0. The van der Waals surface area contributed by atoms with Crippen LogP contribution in [-0.4, -0.2) is 19.5 Å². The van der Waals surface area contributed by atoms with Gasteiger partial charge in [-0.15, -0.1) is 0 Å². The Labute approximate surface area is 325 Å². The van der Waals surface area contributed by atoms with Gasteiger partial charge in [0.2, 0.25) is 0 Å². The van der Waals surface area contributed by atoms with Gasteiger partial charge in [0, 0.05) is 49.3 Å². The number of furan rings is 2. The molecule has 0 N–H and O–H groups in total. The molecule has 6 heteroatoms. The van der Waals surface area contributed by atoms with E-state index in [9.17, 15) is 0 Å². The molecule has 0 radical (unpaired) electrons. The van der Waals surface area contributed by atoms with E-state index in [2.05, 4.69) is 114 Å². The Kier molecular flexibility index (Phi) is 6.83. The Balaban J connectivity index is 1.14. The number of aromatic nitrogens is 4. The van der Waals surface area contributed by atoms with Crippen molar-refractivity contribution in [1.29, 1.82) is 0 Å². The topological polar surface area (TPSA) is 69.9 Å². The molecule has 4 aromatic heterocycles. The van der Waals surface area contributed by atoms with Crippen LogP contribution in [0.5, 0.6) is 0 Å². The molecular weight excluding hydrogens is 701 g/mol. The maximum atomic E-state index is 6.44. The van der Waals surface area contributed by atoms with E-state index >= 15 is 0 Å². The summed E-state index contributed by atoms with van der Waals surface area (Å²) >= 11 is 0. The van der Waals surface area contributed by atoms with Gasteiger partial charge in [-0.25, -0.2) is 15.0 Å². The van der Waals surface area contributed by atoms with Crippen LogP contribution in [0.15, 0.2) is 191 Å². The summed E-state index contributed by atoms with van der Waals surface area (Å²) in [5, 5.41) is 6.62. The average molecular weight is 731 g/mol.